The summed E-state index contributed by atoms with van der Waals surface area (Å²) in [5.74, 6) is 0.0239. The van der Waals surface area contributed by atoms with Crippen molar-refractivity contribution in [2.24, 2.45) is 0 Å². The third kappa shape index (κ3) is 4.86. The topological polar surface area (TPSA) is 48.5 Å². The van der Waals surface area contributed by atoms with Gasteiger partial charge in [0, 0.05) is 38.1 Å². The molecule has 6 heteroatoms. The second-order valence-electron chi connectivity index (χ2n) is 5.88. The number of nitrogens with zero attached hydrogens (tertiary/aromatic N) is 3. The van der Waals surface area contributed by atoms with Gasteiger partial charge in [0.2, 0.25) is 5.91 Å². The highest BCUT2D eigenvalue weighted by atomic mass is 32.1. The van der Waals surface area contributed by atoms with E-state index in [9.17, 15) is 4.79 Å². The molecule has 2 heterocycles. The number of carbonyl (C=O) groups is 1. The lowest BCUT2D eigenvalue weighted by atomic mass is 10.2. The fraction of sp³-hybridized carbons (Fsp3) is 0.412. The van der Waals surface area contributed by atoms with Gasteiger partial charge in [-0.05, 0) is 12.5 Å². The van der Waals surface area contributed by atoms with Crippen molar-refractivity contribution in [3.05, 3.63) is 47.0 Å². The molecule has 0 saturated carbocycles. The molecule has 0 unspecified atom stereocenters. The summed E-state index contributed by atoms with van der Waals surface area (Å²) in [6.07, 6.45) is 0. The number of aromatic nitrogens is 1. The van der Waals surface area contributed by atoms with Crippen molar-refractivity contribution >= 4 is 22.4 Å². The van der Waals surface area contributed by atoms with E-state index in [1.54, 1.807) is 0 Å². The molecular formula is C17H22N4OS. The zero-order valence-electron chi connectivity index (χ0n) is 13.4. The second-order valence-corrected chi connectivity index (χ2v) is 6.74. The van der Waals surface area contributed by atoms with E-state index in [-0.39, 0.29) is 5.91 Å². The Bertz CT molecular complexity index is 635. The average molecular weight is 330 g/mol. The van der Waals surface area contributed by atoms with Gasteiger partial charge in [0.05, 0.1) is 12.2 Å². The molecule has 1 saturated heterocycles. The van der Waals surface area contributed by atoms with Gasteiger partial charge in [-0.2, -0.15) is 0 Å². The fourth-order valence-corrected chi connectivity index (χ4v) is 3.42. The molecule has 23 heavy (non-hydrogen) atoms. The highest BCUT2D eigenvalue weighted by molar-refractivity contribution is 7.13. The minimum atomic E-state index is 0.0239. The van der Waals surface area contributed by atoms with Gasteiger partial charge in [0.25, 0.3) is 0 Å². The molecule has 0 bridgehead atoms. The zero-order valence-corrected chi connectivity index (χ0v) is 14.2. The van der Waals surface area contributed by atoms with Crippen LogP contribution < -0.4 is 5.32 Å². The molecule has 1 fully saturated rings. The van der Waals surface area contributed by atoms with Gasteiger partial charge in [0.15, 0.2) is 5.13 Å². The Kier molecular flexibility index (Phi) is 5.38. The number of rotatable bonds is 5. The van der Waals surface area contributed by atoms with Crippen molar-refractivity contribution in [2.45, 2.75) is 13.5 Å². The van der Waals surface area contributed by atoms with Crippen LogP contribution in [0.2, 0.25) is 0 Å². The molecule has 0 aliphatic carbocycles. The second kappa shape index (κ2) is 7.68. The Balaban J connectivity index is 1.41. The van der Waals surface area contributed by atoms with Crippen molar-refractivity contribution in [3.63, 3.8) is 0 Å². The maximum absolute atomic E-state index is 12.1. The zero-order chi connectivity index (χ0) is 16.1. The summed E-state index contributed by atoms with van der Waals surface area (Å²) in [5.41, 5.74) is 2.29. The van der Waals surface area contributed by atoms with Gasteiger partial charge in [-0.1, -0.05) is 30.3 Å². The van der Waals surface area contributed by atoms with Crippen LogP contribution in [0.3, 0.4) is 0 Å². The summed E-state index contributed by atoms with van der Waals surface area (Å²) in [5, 5.41) is 5.51. The monoisotopic (exact) mass is 330 g/mol. The molecular weight excluding hydrogens is 308 g/mol. The number of thiazole rings is 1. The molecule has 122 valence electrons. The summed E-state index contributed by atoms with van der Waals surface area (Å²) in [7, 11) is 0. The number of aryl methyl sites for hydroxylation is 1. The van der Waals surface area contributed by atoms with Crippen LogP contribution in [0.5, 0.6) is 0 Å². The number of carbonyl (C=O) groups excluding carboxylic acids is 1. The van der Waals surface area contributed by atoms with Gasteiger partial charge in [-0.25, -0.2) is 4.98 Å². The summed E-state index contributed by atoms with van der Waals surface area (Å²) in [6, 6.07) is 10.5. The largest absolute Gasteiger partial charge is 0.301 e. The van der Waals surface area contributed by atoms with Crippen LogP contribution in [-0.4, -0.2) is 53.4 Å². The number of piperazine rings is 1. The first-order valence-electron chi connectivity index (χ1n) is 7.89. The first kappa shape index (κ1) is 16.1. The van der Waals surface area contributed by atoms with E-state index in [0.29, 0.717) is 11.7 Å². The summed E-state index contributed by atoms with van der Waals surface area (Å²) >= 11 is 1.47. The summed E-state index contributed by atoms with van der Waals surface area (Å²) < 4.78 is 0. The Morgan fingerprint density at radius 2 is 1.87 bits per heavy atom. The molecule has 0 atom stereocenters. The van der Waals surface area contributed by atoms with Gasteiger partial charge >= 0.3 is 0 Å². The molecule has 1 amide bonds. The predicted octanol–water partition coefficient (Wildman–Crippen LogP) is 2.21. The van der Waals surface area contributed by atoms with Crippen molar-refractivity contribution in [1.29, 1.82) is 0 Å². The van der Waals surface area contributed by atoms with E-state index in [1.807, 2.05) is 18.4 Å². The fourth-order valence-electron chi connectivity index (χ4n) is 2.72. The molecule has 3 rings (SSSR count). The minimum absolute atomic E-state index is 0.0239. The first-order chi connectivity index (χ1) is 11.2. The molecule has 0 spiro atoms. The number of nitrogens with one attached hydrogen (secondary N) is 1. The Labute approximate surface area is 140 Å². The number of hydrogen-bond acceptors (Lipinski definition) is 5. The smallest absolute Gasteiger partial charge is 0.240 e. The van der Waals surface area contributed by atoms with Crippen LogP contribution in [0.1, 0.15) is 11.3 Å². The van der Waals surface area contributed by atoms with Crippen LogP contribution in [-0.2, 0) is 11.3 Å². The third-order valence-corrected chi connectivity index (χ3v) is 4.82. The highest BCUT2D eigenvalue weighted by Gasteiger charge is 2.19. The van der Waals surface area contributed by atoms with Crippen molar-refractivity contribution in [2.75, 3.05) is 38.0 Å². The van der Waals surface area contributed by atoms with Crippen molar-refractivity contribution in [3.8, 4) is 0 Å². The SMILES string of the molecule is Cc1csc(NC(=O)CN2CCN(Cc3ccccc3)CC2)n1. The van der Waals surface area contributed by atoms with Gasteiger partial charge in [-0.15, -0.1) is 11.3 Å². The normalized spacial score (nSPS) is 16.4. The number of benzene rings is 1. The lowest BCUT2D eigenvalue weighted by molar-refractivity contribution is -0.117. The predicted molar refractivity (Wildman–Crippen MR) is 93.6 cm³/mol. The Hall–Kier alpha value is -1.76. The van der Waals surface area contributed by atoms with Crippen molar-refractivity contribution < 1.29 is 4.79 Å². The van der Waals surface area contributed by atoms with E-state index >= 15 is 0 Å². The first-order valence-corrected chi connectivity index (χ1v) is 8.77. The van der Waals surface area contributed by atoms with Gasteiger partial charge in [0.1, 0.15) is 0 Å². The molecule has 1 aromatic heterocycles. The molecule has 2 aromatic rings. The molecule has 1 aliphatic heterocycles. The van der Waals surface area contributed by atoms with Crippen LogP contribution in [0, 0.1) is 6.92 Å². The number of anilines is 1. The quantitative estimate of drug-likeness (QED) is 0.913. The minimum Gasteiger partial charge on any atom is -0.301 e. The lowest BCUT2D eigenvalue weighted by Crippen LogP contribution is -2.48. The van der Waals surface area contributed by atoms with E-state index in [4.69, 9.17) is 0 Å². The van der Waals surface area contributed by atoms with Crippen LogP contribution in [0.15, 0.2) is 35.7 Å². The standard InChI is InChI=1S/C17H22N4OS/c1-14-13-23-17(18-14)19-16(22)12-21-9-7-20(8-10-21)11-15-5-3-2-4-6-15/h2-6,13H,7-12H2,1H3,(H,18,19,22). The van der Waals surface area contributed by atoms with Crippen LogP contribution in [0.25, 0.3) is 0 Å². The molecule has 1 aliphatic rings. The molecule has 5 nitrogen and oxygen atoms in total. The van der Waals surface area contributed by atoms with Gasteiger partial charge < -0.3 is 5.32 Å². The maximum atomic E-state index is 12.1. The van der Waals surface area contributed by atoms with E-state index in [1.165, 1.54) is 16.9 Å². The molecule has 0 radical (unpaired) electrons. The van der Waals surface area contributed by atoms with Gasteiger partial charge in [-0.3, -0.25) is 14.6 Å². The van der Waals surface area contributed by atoms with Crippen molar-refractivity contribution in [1.82, 2.24) is 14.8 Å². The Morgan fingerprint density at radius 1 is 1.17 bits per heavy atom. The van der Waals surface area contributed by atoms with E-state index < -0.39 is 0 Å². The molecule has 1 N–H and O–H groups in total. The number of hydrogen-bond donors (Lipinski definition) is 1. The Morgan fingerprint density at radius 3 is 2.52 bits per heavy atom. The van der Waals surface area contributed by atoms with Crippen LogP contribution in [0.4, 0.5) is 5.13 Å². The lowest BCUT2D eigenvalue weighted by Gasteiger charge is -2.34. The van der Waals surface area contributed by atoms with Crippen LogP contribution >= 0.6 is 11.3 Å². The third-order valence-electron chi connectivity index (χ3n) is 3.95. The average Bonchev–Trinajstić information content (AvgIpc) is 2.95. The number of amides is 1. The summed E-state index contributed by atoms with van der Waals surface area (Å²) in [6.45, 7) is 7.21. The highest BCUT2D eigenvalue weighted by Crippen LogP contribution is 2.14. The maximum Gasteiger partial charge on any atom is 0.240 e. The molecule has 1 aromatic carbocycles. The van der Waals surface area contributed by atoms with E-state index in [2.05, 4.69) is 44.4 Å². The van der Waals surface area contributed by atoms with E-state index in [0.717, 1.165) is 38.4 Å². The summed E-state index contributed by atoms with van der Waals surface area (Å²) in [4.78, 5) is 21.0.